The molecule has 24 heavy (non-hydrogen) atoms. The number of amides is 1. The molecule has 0 saturated carbocycles. The third-order valence-electron chi connectivity index (χ3n) is 3.06. The van der Waals surface area contributed by atoms with Gasteiger partial charge in [-0.3, -0.25) is 9.69 Å². The zero-order valence-electron chi connectivity index (χ0n) is 15.4. The SMILES string of the molecule is CCCN1CCN(C)CC1=O.CCCNCCNC.ClC=C(Cl)Cl. The minimum absolute atomic E-state index is 0.0895. The Morgan fingerprint density at radius 1 is 1.17 bits per heavy atom. The van der Waals surface area contributed by atoms with Crippen LogP contribution in [0.25, 0.3) is 0 Å². The topological polar surface area (TPSA) is 47.6 Å². The van der Waals surface area contributed by atoms with Crippen molar-refractivity contribution < 1.29 is 4.79 Å². The fraction of sp³-hybridized carbons (Fsp3) is 0.812. The molecule has 1 rings (SSSR count). The highest BCUT2D eigenvalue weighted by Crippen LogP contribution is 2.06. The van der Waals surface area contributed by atoms with E-state index >= 15 is 0 Å². The third kappa shape index (κ3) is 18.3. The molecule has 0 aromatic rings. The second kappa shape index (κ2) is 19.3. The van der Waals surface area contributed by atoms with Gasteiger partial charge in [0.25, 0.3) is 0 Å². The Labute approximate surface area is 162 Å². The molecule has 8 heteroatoms. The van der Waals surface area contributed by atoms with Crippen LogP contribution in [0, 0.1) is 0 Å². The van der Waals surface area contributed by atoms with Crippen molar-refractivity contribution in [3.8, 4) is 0 Å². The van der Waals surface area contributed by atoms with Crippen LogP contribution in [0.4, 0.5) is 0 Å². The van der Waals surface area contributed by atoms with Gasteiger partial charge in [0, 0.05) is 38.3 Å². The summed E-state index contributed by atoms with van der Waals surface area (Å²) in [6.07, 6.45) is 2.29. The molecule has 1 aliphatic rings. The maximum absolute atomic E-state index is 11.3. The van der Waals surface area contributed by atoms with E-state index in [1.165, 1.54) is 6.42 Å². The van der Waals surface area contributed by atoms with Crippen LogP contribution in [-0.2, 0) is 4.79 Å². The average Bonchev–Trinajstić information content (AvgIpc) is 2.55. The van der Waals surface area contributed by atoms with Crippen LogP contribution in [0.5, 0.6) is 0 Å². The van der Waals surface area contributed by atoms with Crippen LogP contribution < -0.4 is 10.6 Å². The molecule has 2 N–H and O–H groups in total. The number of nitrogens with zero attached hydrogens (tertiary/aromatic N) is 2. The number of carbonyl (C=O) groups is 1. The first kappa shape index (κ1) is 26.2. The monoisotopic (exact) mass is 402 g/mol. The molecule has 0 radical (unpaired) electrons. The summed E-state index contributed by atoms with van der Waals surface area (Å²) in [5.74, 6) is 0.278. The van der Waals surface area contributed by atoms with Crippen molar-refractivity contribution in [2.75, 3.05) is 59.9 Å². The molecule has 0 aromatic carbocycles. The molecule has 0 atom stereocenters. The Kier molecular flexibility index (Phi) is 21.0. The van der Waals surface area contributed by atoms with Crippen molar-refractivity contribution in [2.45, 2.75) is 26.7 Å². The van der Waals surface area contributed by atoms with E-state index in [0.29, 0.717) is 6.54 Å². The van der Waals surface area contributed by atoms with Crippen molar-refractivity contribution in [3.05, 3.63) is 10.0 Å². The number of hydrogen-bond acceptors (Lipinski definition) is 4. The summed E-state index contributed by atoms with van der Waals surface area (Å²) in [6, 6.07) is 0. The fourth-order valence-corrected chi connectivity index (χ4v) is 1.85. The van der Waals surface area contributed by atoms with E-state index < -0.39 is 0 Å². The van der Waals surface area contributed by atoms with Crippen LogP contribution in [0.2, 0.25) is 0 Å². The maximum atomic E-state index is 11.3. The van der Waals surface area contributed by atoms with Gasteiger partial charge in [0.1, 0.15) is 4.49 Å². The van der Waals surface area contributed by atoms with Crippen LogP contribution in [0.15, 0.2) is 10.0 Å². The van der Waals surface area contributed by atoms with Crippen molar-refractivity contribution >= 4 is 40.7 Å². The van der Waals surface area contributed by atoms with Gasteiger partial charge in [0.05, 0.1) is 6.54 Å². The van der Waals surface area contributed by atoms with Gasteiger partial charge in [-0.1, -0.05) is 48.7 Å². The molecular formula is C16H33Cl3N4O. The molecule has 1 fully saturated rings. The maximum Gasteiger partial charge on any atom is 0.236 e. The largest absolute Gasteiger partial charge is 0.340 e. The van der Waals surface area contributed by atoms with Gasteiger partial charge in [-0.15, -0.1) is 0 Å². The lowest BCUT2D eigenvalue weighted by molar-refractivity contribution is -0.135. The van der Waals surface area contributed by atoms with Gasteiger partial charge in [-0.05, 0) is 33.5 Å². The molecule has 0 unspecified atom stereocenters. The molecule has 0 spiro atoms. The minimum atomic E-state index is 0.0895. The minimum Gasteiger partial charge on any atom is -0.340 e. The standard InChI is InChI=1S/C8H16N2O.C6H16N2.C2HCl3/c1-3-4-10-6-5-9(2)7-8(10)11;1-3-4-8-6-5-7-2;3-1-2(4)5/h3-7H2,1-2H3;7-8H,3-6H2,1-2H3;1H. The molecule has 5 nitrogen and oxygen atoms in total. The number of likely N-dealkylation sites (N-methyl/N-ethyl adjacent to an activating group) is 2. The van der Waals surface area contributed by atoms with Crippen molar-refractivity contribution in [1.29, 1.82) is 0 Å². The van der Waals surface area contributed by atoms with E-state index in [4.69, 9.17) is 34.8 Å². The lowest BCUT2D eigenvalue weighted by Crippen LogP contribution is -2.48. The quantitative estimate of drug-likeness (QED) is 0.642. The number of hydrogen-bond donors (Lipinski definition) is 2. The summed E-state index contributed by atoms with van der Waals surface area (Å²) in [5.41, 5.74) is 1.09. The van der Waals surface area contributed by atoms with Crippen molar-refractivity contribution in [1.82, 2.24) is 20.4 Å². The van der Waals surface area contributed by atoms with Gasteiger partial charge in [0.15, 0.2) is 0 Å². The predicted octanol–water partition coefficient (Wildman–Crippen LogP) is 2.88. The van der Waals surface area contributed by atoms with E-state index in [2.05, 4.69) is 29.4 Å². The van der Waals surface area contributed by atoms with Crippen molar-refractivity contribution in [2.24, 2.45) is 0 Å². The summed E-state index contributed by atoms with van der Waals surface area (Å²) >= 11 is 14.8. The summed E-state index contributed by atoms with van der Waals surface area (Å²) in [7, 11) is 3.95. The van der Waals surface area contributed by atoms with Crippen LogP contribution in [0.1, 0.15) is 26.7 Å². The highest BCUT2D eigenvalue weighted by atomic mass is 35.5. The normalized spacial score (nSPS) is 14.3. The van der Waals surface area contributed by atoms with Crippen LogP contribution in [0.3, 0.4) is 0 Å². The van der Waals surface area contributed by atoms with E-state index in [1.807, 2.05) is 19.0 Å². The zero-order valence-corrected chi connectivity index (χ0v) is 17.6. The second-order valence-electron chi connectivity index (χ2n) is 5.37. The fourth-order valence-electron chi connectivity index (χ4n) is 1.85. The van der Waals surface area contributed by atoms with E-state index in [-0.39, 0.29) is 10.4 Å². The summed E-state index contributed by atoms with van der Waals surface area (Å²) < 4.78 is 0.0895. The Hall–Kier alpha value is -0.0400. The first-order valence-electron chi connectivity index (χ1n) is 8.35. The highest BCUT2D eigenvalue weighted by molar-refractivity contribution is 6.58. The molecule has 144 valence electrons. The third-order valence-corrected chi connectivity index (χ3v) is 3.72. The number of carbonyl (C=O) groups excluding carboxylic acids is 1. The summed E-state index contributed by atoms with van der Waals surface area (Å²) in [4.78, 5) is 15.3. The van der Waals surface area contributed by atoms with E-state index in [0.717, 1.165) is 51.2 Å². The smallest absolute Gasteiger partial charge is 0.236 e. The Balaban J connectivity index is 0. The Morgan fingerprint density at radius 2 is 1.79 bits per heavy atom. The van der Waals surface area contributed by atoms with Gasteiger partial charge >= 0.3 is 0 Å². The van der Waals surface area contributed by atoms with E-state index in [1.54, 1.807) is 0 Å². The molecule has 0 aromatic heterocycles. The Morgan fingerprint density at radius 3 is 2.21 bits per heavy atom. The highest BCUT2D eigenvalue weighted by Gasteiger charge is 2.19. The van der Waals surface area contributed by atoms with Gasteiger partial charge in [-0.25, -0.2) is 0 Å². The molecule has 0 aliphatic carbocycles. The van der Waals surface area contributed by atoms with Crippen molar-refractivity contribution in [3.63, 3.8) is 0 Å². The summed E-state index contributed by atoms with van der Waals surface area (Å²) in [6.45, 7) is 11.0. The second-order valence-corrected chi connectivity index (χ2v) is 6.60. The first-order valence-corrected chi connectivity index (χ1v) is 9.55. The average molecular weight is 404 g/mol. The zero-order chi connectivity index (χ0) is 18.8. The van der Waals surface area contributed by atoms with Gasteiger partial charge in [-0.2, -0.15) is 0 Å². The molecular weight excluding hydrogens is 371 g/mol. The van der Waals surface area contributed by atoms with Crippen LogP contribution >= 0.6 is 34.8 Å². The lowest BCUT2D eigenvalue weighted by Gasteiger charge is -2.31. The molecule has 0 bridgehead atoms. The van der Waals surface area contributed by atoms with E-state index in [9.17, 15) is 4.79 Å². The number of halogens is 3. The lowest BCUT2D eigenvalue weighted by atomic mass is 10.3. The van der Waals surface area contributed by atoms with Gasteiger partial charge in [0.2, 0.25) is 5.91 Å². The molecule has 1 amide bonds. The number of nitrogens with one attached hydrogen (secondary N) is 2. The molecule has 1 heterocycles. The molecule has 1 saturated heterocycles. The first-order chi connectivity index (χ1) is 11.4. The number of piperazine rings is 1. The number of rotatable bonds is 7. The van der Waals surface area contributed by atoms with Gasteiger partial charge < -0.3 is 15.5 Å². The molecule has 1 aliphatic heterocycles. The predicted molar refractivity (Wildman–Crippen MR) is 107 cm³/mol. The van der Waals surface area contributed by atoms with Crippen LogP contribution in [-0.4, -0.2) is 75.6 Å². The summed E-state index contributed by atoms with van der Waals surface area (Å²) in [5, 5.41) is 6.34. The Bertz CT molecular complexity index is 320.